The van der Waals surface area contributed by atoms with Crippen molar-refractivity contribution in [3.63, 3.8) is 0 Å². The standard InChI is InChI=1S/C17H15IN2O/c1-20(2)13-6-3-11(4-7-13)9-15-14-10-12(18)5-8-16(14)19-17(15)21/h3-10H,1-2H3,(H,19,21)/i18-2. The highest BCUT2D eigenvalue weighted by molar-refractivity contribution is 14.1. The monoisotopic (exact) mass is 388 g/mol. The van der Waals surface area contributed by atoms with Gasteiger partial charge < -0.3 is 10.2 Å². The Labute approximate surface area is 137 Å². The highest BCUT2D eigenvalue weighted by atomic mass is 125. The lowest BCUT2D eigenvalue weighted by atomic mass is 10.0. The van der Waals surface area contributed by atoms with E-state index in [0.717, 1.165) is 31.6 Å². The predicted molar refractivity (Wildman–Crippen MR) is 96.4 cm³/mol. The lowest BCUT2D eigenvalue weighted by Gasteiger charge is -2.11. The first-order valence-corrected chi connectivity index (χ1v) is 7.73. The van der Waals surface area contributed by atoms with Crippen LogP contribution in [0.4, 0.5) is 11.4 Å². The van der Waals surface area contributed by atoms with Crippen molar-refractivity contribution in [3.05, 3.63) is 57.2 Å². The fourth-order valence-electron chi connectivity index (χ4n) is 2.34. The minimum absolute atomic E-state index is 0.0383. The molecule has 1 N–H and O–H groups in total. The minimum Gasteiger partial charge on any atom is -0.378 e. The van der Waals surface area contributed by atoms with E-state index in [1.54, 1.807) is 0 Å². The van der Waals surface area contributed by atoms with Crippen LogP contribution >= 0.6 is 22.6 Å². The van der Waals surface area contributed by atoms with Crippen molar-refractivity contribution in [1.29, 1.82) is 0 Å². The van der Waals surface area contributed by atoms with E-state index in [1.807, 2.05) is 50.5 Å². The van der Waals surface area contributed by atoms with Gasteiger partial charge in [-0.15, -0.1) is 0 Å². The number of rotatable bonds is 2. The number of anilines is 2. The van der Waals surface area contributed by atoms with Gasteiger partial charge in [-0.2, -0.15) is 0 Å². The maximum Gasteiger partial charge on any atom is 0.256 e. The normalized spacial score (nSPS) is 15.0. The molecule has 1 amide bonds. The van der Waals surface area contributed by atoms with Crippen molar-refractivity contribution in [2.45, 2.75) is 0 Å². The number of hydrogen-bond donors (Lipinski definition) is 1. The third kappa shape index (κ3) is 2.81. The lowest BCUT2D eigenvalue weighted by Crippen LogP contribution is -2.08. The maximum absolute atomic E-state index is 12.1. The molecular formula is C17H15IN2O. The molecule has 0 fully saturated rings. The van der Waals surface area contributed by atoms with Crippen LogP contribution in [-0.2, 0) is 4.79 Å². The van der Waals surface area contributed by atoms with Crippen LogP contribution in [0.15, 0.2) is 42.5 Å². The van der Waals surface area contributed by atoms with Crippen molar-refractivity contribution >= 4 is 51.5 Å². The number of halogens is 1. The van der Waals surface area contributed by atoms with Gasteiger partial charge in [-0.05, 0) is 64.6 Å². The number of carbonyl (C=O) groups is 1. The summed E-state index contributed by atoms with van der Waals surface area (Å²) >= 11 is 2.26. The van der Waals surface area contributed by atoms with E-state index in [-0.39, 0.29) is 5.91 Å². The lowest BCUT2D eigenvalue weighted by molar-refractivity contribution is -0.110. The largest absolute Gasteiger partial charge is 0.378 e. The van der Waals surface area contributed by atoms with Crippen LogP contribution < -0.4 is 10.2 Å². The zero-order valence-corrected chi connectivity index (χ0v) is 14.0. The molecule has 1 heterocycles. The number of hydrogen-bond acceptors (Lipinski definition) is 2. The number of amides is 1. The van der Waals surface area contributed by atoms with E-state index < -0.39 is 0 Å². The molecule has 2 aromatic rings. The second-order valence-corrected chi connectivity index (χ2v) is 6.43. The molecule has 4 heteroatoms. The summed E-state index contributed by atoms with van der Waals surface area (Å²) in [5, 5.41) is 2.91. The Bertz CT molecular complexity index is 733. The number of carbonyl (C=O) groups excluding carboxylic acids is 1. The van der Waals surface area contributed by atoms with E-state index >= 15 is 0 Å². The summed E-state index contributed by atoms with van der Waals surface area (Å²) in [5.41, 5.74) is 4.75. The minimum atomic E-state index is -0.0383. The summed E-state index contributed by atoms with van der Waals surface area (Å²) in [5.74, 6) is -0.0383. The van der Waals surface area contributed by atoms with Gasteiger partial charge >= 0.3 is 0 Å². The Balaban J connectivity index is 2.00. The van der Waals surface area contributed by atoms with Crippen molar-refractivity contribution in [1.82, 2.24) is 0 Å². The number of nitrogens with zero attached hydrogens (tertiary/aromatic N) is 1. The average molecular weight is 388 g/mol. The number of nitrogens with one attached hydrogen (secondary N) is 1. The molecule has 0 bridgehead atoms. The third-order valence-electron chi connectivity index (χ3n) is 3.49. The Morgan fingerprint density at radius 1 is 1.10 bits per heavy atom. The predicted octanol–water partition coefficient (Wildman–Crippen LogP) is 3.85. The molecule has 106 valence electrons. The van der Waals surface area contributed by atoms with Gasteiger partial charge in [0.15, 0.2) is 0 Å². The molecule has 3 nitrogen and oxygen atoms in total. The zero-order valence-electron chi connectivity index (χ0n) is 11.9. The third-order valence-corrected chi connectivity index (χ3v) is 4.16. The summed E-state index contributed by atoms with van der Waals surface area (Å²) in [4.78, 5) is 14.2. The van der Waals surface area contributed by atoms with Gasteiger partial charge in [0.2, 0.25) is 0 Å². The first-order chi connectivity index (χ1) is 10.0. The van der Waals surface area contributed by atoms with Crippen LogP contribution in [0.5, 0.6) is 0 Å². The Hall–Kier alpha value is -1.82. The van der Waals surface area contributed by atoms with Crippen LogP contribution in [-0.4, -0.2) is 20.0 Å². The Kier molecular flexibility index (Phi) is 3.71. The zero-order chi connectivity index (χ0) is 15.0. The van der Waals surface area contributed by atoms with Gasteiger partial charge in [0.1, 0.15) is 0 Å². The topological polar surface area (TPSA) is 32.3 Å². The Morgan fingerprint density at radius 2 is 1.81 bits per heavy atom. The molecule has 2 aromatic carbocycles. The van der Waals surface area contributed by atoms with Crippen LogP contribution in [0.25, 0.3) is 11.6 Å². The highest BCUT2D eigenvalue weighted by Crippen LogP contribution is 2.34. The maximum atomic E-state index is 12.1. The van der Waals surface area contributed by atoms with Crippen molar-refractivity contribution in [2.24, 2.45) is 0 Å². The van der Waals surface area contributed by atoms with Crippen LogP contribution in [0, 0.1) is 3.57 Å². The molecule has 0 saturated carbocycles. The smallest absolute Gasteiger partial charge is 0.256 e. The summed E-state index contributed by atoms with van der Waals surface area (Å²) < 4.78 is 1.12. The van der Waals surface area contributed by atoms with E-state index in [4.69, 9.17) is 0 Å². The molecular weight excluding hydrogens is 373 g/mol. The van der Waals surface area contributed by atoms with E-state index in [9.17, 15) is 4.79 Å². The molecule has 0 saturated heterocycles. The molecule has 0 atom stereocenters. The fraction of sp³-hybridized carbons (Fsp3) is 0.118. The Morgan fingerprint density at radius 3 is 2.48 bits per heavy atom. The molecule has 1 aliphatic heterocycles. The van der Waals surface area contributed by atoms with E-state index in [1.165, 1.54) is 0 Å². The van der Waals surface area contributed by atoms with Crippen molar-refractivity contribution in [2.75, 3.05) is 24.3 Å². The average Bonchev–Trinajstić information content (AvgIpc) is 2.76. The van der Waals surface area contributed by atoms with Gasteiger partial charge in [0, 0.05) is 40.2 Å². The SMILES string of the molecule is CN(C)c1ccc(C=C2C(=O)Nc3ccc([125I])cc32)cc1. The van der Waals surface area contributed by atoms with E-state index in [2.05, 4.69) is 44.9 Å². The van der Waals surface area contributed by atoms with Crippen LogP contribution in [0.1, 0.15) is 11.1 Å². The molecule has 0 radical (unpaired) electrons. The molecule has 21 heavy (non-hydrogen) atoms. The van der Waals surface area contributed by atoms with Crippen molar-refractivity contribution in [3.8, 4) is 0 Å². The molecule has 0 spiro atoms. The summed E-state index contributed by atoms with van der Waals surface area (Å²) in [6, 6.07) is 14.1. The first-order valence-electron chi connectivity index (χ1n) is 6.65. The second-order valence-electron chi connectivity index (χ2n) is 5.19. The first kappa shape index (κ1) is 14.1. The van der Waals surface area contributed by atoms with E-state index in [0.29, 0.717) is 0 Å². The molecule has 3 rings (SSSR count). The van der Waals surface area contributed by atoms with Gasteiger partial charge in [0.05, 0.1) is 0 Å². The van der Waals surface area contributed by atoms with Crippen LogP contribution in [0.2, 0.25) is 0 Å². The van der Waals surface area contributed by atoms with Crippen molar-refractivity contribution < 1.29 is 4.79 Å². The molecule has 1 aliphatic rings. The quantitative estimate of drug-likeness (QED) is 0.626. The molecule has 0 unspecified atom stereocenters. The summed E-state index contributed by atoms with van der Waals surface area (Å²) in [6.45, 7) is 0. The second kappa shape index (κ2) is 5.52. The van der Waals surface area contributed by atoms with Crippen LogP contribution in [0.3, 0.4) is 0 Å². The van der Waals surface area contributed by atoms with Gasteiger partial charge in [0.25, 0.3) is 5.91 Å². The van der Waals surface area contributed by atoms with Gasteiger partial charge in [-0.3, -0.25) is 4.79 Å². The summed E-state index contributed by atoms with van der Waals surface area (Å²) in [7, 11) is 4.02. The number of fused-ring (bicyclic) bond motifs is 1. The highest BCUT2D eigenvalue weighted by Gasteiger charge is 2.23. The fourth-order valence-corrected chi connectivity index (χ4v) is 2.83. The molecule has 0 aliphatic carbocycles. The van der Waals surface area contributed by atoms with Gasteiger partial charge in [-0.1, -0.05) is 12.1 Å². The summed E-state index contributed by atoms with van der Waals surface area (Å²) in [6.07, 6.45) is 1.94. The molecule has 0 aromatic heterocycles. The number of benzene rings is 2. The van der Waals surface area contributed by atoms with Gasteiger partial charge in [-0.25, -0.2) is 0 Å².